The number of aliphatic hydroxyl groups excluding tert-OH is 1. The van der Waals surface area contributed by atoms with Crippen LogP contribution in [0.1, 0.15) is 29.9 Å². The van der Waals surface area contributed by atoms with Crippen LogP contribution in [0.5, 0.6) is 5.75 Å². The molecule has 1 unspecified atom stereocenters. The van der Waals surface area contributed by atoms with Crippen LogP contribution in [0.3, 0.4) is 0 Å². The van der Waals surface area contributed by atoms with E-state index in [-0.39, 0.29) is 18.3 Å². The molecule has 5 N–H and O–H groups in total. The van der Waals surface area contributed by atoms with Crippen molar-refractivity contribution in [1.82, 2.24) is 15.3 Å². The summed E-state index contributed by atoms with van der Waals surface area (Å²) in [6, 6.07) is 5.24. The molecule has 1 fully saturated rings. The van der Waals surface area contributed by atoms with Crippen molar-refractivity contribution < 1.29 is 10.2 Å². The quantitative estimate of drug-likeness (QED) is 0.683. The Balaban J connectivity index is 2.01. The van der Waals surface area contributed by atoms with E-state index < -0.39 is 0 Å². The molecule has 0 aromatic carbocycles. The average molecular weight is 300 g/mol. The summed E-state index contributed by atoms with van der Waals surface area (Å²) in [5.41, 5.74) is 8.39. The third kappa shape index (κ3) is 2.88. The van der Waals surface area contributed by atoms with Crippen LogP contribution in [-0.2, 0) is 6.61 Å². The van der Waals surface area contributed by atoms with Crippen molar-refractivity contribution in [3.8, 4) is 17.1 Å². The summed E-state index contributed by atoms with van der Waals surface area (Å²) in [6.07, 6.45) is 3.66. The smallest absolute Gasteiger partial charge is 0.147 e. The van der Waals surface area contributed by atoms with Gasteiger partial charge in [0.1, 0.15) is 17.3 Å². The molecule has 0 aliphatic carbocycles. The van der Waals surface area contributed by atoms with Crippen molar-refractivity contribution in [2.75, 3.05) is 18.8 Å². The maximum atomic E-state index is 10.6. The molecule has 116 valence electrons. The van der Waals surface area contributed by atoms with Gasteiger partial charge in [-0.1, -0.05) is 6.07 Å². The first-order valence-electron chi connectivity index (χ1n) is 7.45. The molecule has 2 aromatic rings. The summed E-state index contributed by atoms with van der Waals surface area (Å²) >= 11 is 0. The van der Waals surface area contributed by atoms with Crippen LogP contribution in [0.4, 0.5) is 5.82 Å². The minimum atomic E-state index is -0.0669. The SMILES string of the molecule is Nc1cc(C2CCCNC2)c(O)c(-c2ccc(CO)cn2)n1. The monoisotopic (exact) mass is 300 g/mol. The Hall–Kier alpha value is -2.18. The highest BCUT2D eigenvalue weighted by Crippen LogP contribution is 2.37. The third-order valence-electron chi connectivity index (χ3n) is 4.03. The van der Waals surface area contributed by atoms with E-state index in [0.717, 1.165) is 31.5 Å². The summed E-state index contributed by atoms with van der Waals surface area (Å²) in [6.45, 7) is 1.77. The molecule has 3 rings (SSSR count). The zero-order chi connectivity index (χ0) is 15.5. The maximum absolute atomic E-state index is 10.6. The lowest BCUT2D eigenvalue weighted by atomic mass is 9.90. The van der Waals surface area contributed by atoms with Crippen molar-refractivity contribution in [3.63, 3.8) is 0 Å². The van der Waals surface area contributed by atoms with E-state index in [4.69, 9.17) is 10.8 Å². The van der Waals surface area contributed by atoms with Gasteiger partial charge in [0, 0.05) is 24.2 Å². The minimum Gasteiger partial charge on any atom is -0.505 e. The predicted molar refractivity (Wildman–Crippen MR) is 84.3 cm³/mol. The van der Waals surface area contributed by atoms with Gasteiger partial charge in [-0.15, -0.1) is 0 Å². The Morgan fingerprint density at radius 1 is 1.36 bits per heavy atom. The number of piperidine rings is 1. The Kier molecular flexibility index (Phi) is 4.22. The van der Waals surface area contributed by atoms with Crippen LogP contribution < -0.4 is 11.1 Å². The average Bonchev–Trinajstić information content (AvgIpc) is 2.57. The number of anilines is 1. The van der Waals surface area contributed by atoms with Gasteiger partial charge in [0.15, 0.2) is 0 Å². The highest BCUT2D eigenvalue weighted by Gasteiger charge is 2.22. The number of aliphatic hydroxyl groups is 1. The third-order valence-corrected chi connectivity index (χ3v) is 4.03. The molecule has 1 aliphatic rings. The van der Waals surface area contributed by atoms with Gasteiger partial charge < -0.3 is 21.3 Å². The first-order chi connectivity index (χ1) is 10.7. The van der Waals surface area contributed by atoms with Crippen LogP contribution in [0.2, 0.25) is 0 Å². The second-order valence-corrected chi connectivity index (χ2v) is 5.59. The molecule has 3 heterocycles. The van der Waals surface area contributed by atoms with Crippen molar-refractivity contribution in [3.05, 3.63) is 35.5 Å². The van der Waals surface area contributed by atoms with Crippen molar-refractivity contribution in [2.45, 2.75) is 25.4 Å². The van der Waals surface area contributed by atoms with Gasteiger partial charge in [0.05, 0.1) is 12.3 Å². The zero-order valence-electron chi connectivity index (χ0n) is 12.3. The maximum Gasteiger partial charge on any atom is 0.147 e. The summed E-state index contributed by atoms with van der Waals surface area (Å²) in [7, 11) is 0. The van der Waals surface area contributed by atoms with E-state index in [9.17, 15) is 5.11 Å². The van der Waals surface area contributed by atoms with Crippen LogP contribution in [0, 0.1) is 0 Å². The molecule has 6 heteroatoms. The van der Waals surface area contributed by atoms with Crippen molar-refractivity contribution in [1.29, 1.82) is 0 Å². The first kappa shape index (κ1) is 14.7. The summed E-state index contributed by atoms with van der Waals surface area (Å²) in [4.78, 5) is 8.49. The lowest BCUT2D eigenvalue weighted by molar-refractivity contribution is 0.281. The molecule has 6 nitrogen and oxygen atoms in total. The number of nitrogens with zero attached hydrogens (tertiary/aromatic N) is 2. The molecule has 2 aromatic heterocycles. The Morgan fingerprint density at radius 3 is 2.86 bits per heavy atom. The molecule has 1 saturated heterocycles. The summed E-state index contributed by atoms with van der Waals surface area (Å²) in [5, 5.41) is 23.0. The standard InChI is InChI=1S/C16H20N4O2/c17-14-6-12(11-2-1-5-18-8-11)16(22)15(20-14)13-4-3-10(9-21)7-19-13/h3-4,6-7,11,18,21-22H,1-2,5,8-9H2,(H2,17,20). The highest BCUT2D eigenvalue weighted by molar-refractivity contribution is 5.67. The normalized spacial score (nSPS) is 18.3. The zero-order valence-corrected chi connectivity index (χ0v) is 12.3. The van der Waals surface area contributed by atoms with Gasteiger partial charge >= 0.3 is 0 Å². The number of hydrogen-bond donors (Lipinski definition) is 4. The molecule has 0 bridgehead atoms. The fourth-order valence-electron chi connectivity index (χ4n) is 2.84. The number of pyridine rings is 2. The lowest BCUT2D eigenvalue weighted by Gasteiger charge is -2.24. The predicted octanol–water partition coefficient (Wildman–Crippen LogP) is 1.39. The summed E-state index contributed by atoms with van der Waals surface area (Å²) in [5.74, 6) is 0.753. The van der Waals surface area contributed by atoms with Gasteiger partial charge in [0.25, 0.3) is 0 Å². The van der Waals surface area contributed by atoms with Crippen LogP contribution in [-0.4, -0.2) is 33.3 Å². The highest BCUT2D eigenvalue weighted by atomic mass is 16.3. The van der Waals surface area contributed by atoms with E-state index >= 15 is 0 Å². The molecular formula is C16H20N4O2. The largest absolute Gasteiger partial charge is 0.505 e. The Bertz CT molecular complexity index is 652. The number of aromatic hydroxyl groups is 1. The topological polar surface area (TPSA) is 104 Å². The molecule has 22 heavy (non-hydrogen) atoms. The summed E-state index contributed by atoms with van der Waals surface area (Å²) < 4.78 is 0. The lowest BCUT2D eigenvalue weighted by Crippen LogP contribution is -2.28. The van der Waals surface area contributed by atoms with E-state index in [1.807, 2.05) is 0 Å². The van der Waals surface area contributed by atoms with Gasteiger partial charge in [-0.05, 0) is 37.1 Å². The molecule has 1 atom stereocenters. The second kappa shape index (κ2) is 6.29. The molecule has 0 amide bonds. The van der Waals surface area contributed by atoms with Gasteiger partial charge in [-0.2, -0.15) is 0 Å². The van der Waals surface area contributed by atoms with E-state index in [1.165, 1.54) is 0 Å². The molecular weight excluding hydrogens is 280 g/mol. The molecule has 0 saturated carbocycles. The van der Waals surface area contributed by atoms with E-state index in [2.05, 4.69) is 15.3 Å². The van der Waals surface area contributed by atoms with Gasteiger partial charge in [0.2, 0.25) is 0 Å². The van der Waals surface area contributed by atoms with Crippen LogP contribution in [0.15, 0.2) is 24.4 Å². The van der Waals surface area contributed by atoms with Crippen molar-refractivity contribution >= 4 is 5.82 Å². The molecule has 1 aliphatic heterocycles. The number of nitrogen functional groups attached to an aromatic ring is 1. The first-order valence-corrected chi connectivity index (χ1v) is 7.45. The molecule has 0 spiro atoms. The van der Waals surface area contributed by atoms with Gasteiger partial charge in [-0.25, -0.2) is 4.98 Å². The molecule has 0 radical (unpaired) electrons. The second-order valence-electron chi connectivity index (χ2n) is 5.59. The number of nitrogens with one attached hydrogen (secondary N) is 1. The van der Waals surface area contributed by atoms with E-state index in [1.54, 1.807) is 24.4 Å². The minimum absolute atomic E-state index is 0.0669. The van der Waals surface area contributed by atoms with Gasteiger partial charge in [-0.3, -0.25) is 4.98 Å². The number of hydrogen-bond acceptors (Lipinski definition) is 6. The van der Waals surface area contributed by atoms with E-state index in [0.29, 0.717) is 22.8 Å². The van der Waals surface area contributed by atoms with Crippen LogP contribution >= 0.6 is 0 Å². The number of aromatic nitrogens is 2. The number of nitrogens with two attached hydrogens (primary N) is 1. The fourth-order valence-corrected chi connectivity index (χ4v) is 2.84. The van der Waals surface area contributed by atoms with Crippen LogP contribution in [0.25, 0.3) is 11.4 Å². The number of rotatable bonds is 3. The Morgan fingerprint density at radius 2 is 2.23 bits per heavy atom. The fraction of sp³-hybridized carbons (Fsp3) is 0.375. The Labute approximate surface area is 129 Å². The van der Waals surface area contributed by atoms with Crippen molar-refractivity contribution in [2.24, 2.45) is 0 Å².